The number of nitrogens with one attached hydrogen (secondary N) is 1. The third-order valence-electron chi connectivity index (χ3n) is 4.38. The number of hydrogen-bond acceptors (Lipinski definition) is 4. The third kappa shape index (κ3) is 4.52. The van der Waals surface area contributed by atoms with Crippen molar-refractivity contribution in [1.82, 2.24) is 9.62 Å². The van der Waals surface area contributed by atoms with Crippen LogP contribution in [0.2, 0.25) is 0 Å². The highest BCUT2D eigenvalue weighted by atomic mass is 32.2. The average Bonchev–Trinajstić information content (AvgIpc) is 2.66. The topological polar surface area (TPSA) is 75.7 Å². The second kappa shape index (κ2) is 8.16. The first kappa shape index (κ1) is 21.0. The largest absolute Gasteiger partial charge is 0.372 e. The number of benzene rings is 2. The van der Waals surface area contributed by atoms with Gasteiger partial charge in [-0.15, -0.1) is 0 Å². The van der Waals surface area contributed by atoms with Crippen molar-refractivity contribution >= 4 is 15.9 Å². The number of ether oxygens (including phenoxy) is 1. The molecule has 2 aromatic carbocycles. The van der Waals surface area contributed by atoms with Gasteiger partial charge in [0.25, 0.3) is 5.91 Å². The predicted molar refractivity (Wildman–Crippen MR) is 100 cm³/mol. The van der Waals surface area contributed by atoms with Crippen LogP contribution in [-0.4, -0.2) is 46.4 Å². The molecular weight excluding hydrogens is 371 g/mol. The van der Waals surface area contributed by atoms with Crippen LogP contribution in [0.1, 0.15) is 22.8 Å². The van der Waals surface area contributed by atoms with E-state index in [0.29, 0.717) is 11.1 Å². The zero-order chi connectivity index (χ0) is 20.2. The van der Waals surface area contributed by atoms with Gasteiger partial charge in [-0.2, -0.15) is 0 Å². The number of methoxy groups -OCH3 is 1. The Balaban J connectivity index is 2.14. The van der Waals surface area contributed by atoms with E-state index in [1.165, 1.54) is 51.5 Å². The van der Waals surface area contributed by atoms with Gasteiger partial charge >= 0.3 is 0 Å². The van der Waals surface area contributed by atoms with E-state index in [1.807, 2.05) is 0 Å². The van der Waals surface area contributed by atoms with Gasteiger partial charge in [0.15, 0.2) is 0 Å². The lowest BCUT2D eigenvalue weighted by Gasteiger charge is -2.29. The molecule has 2 aromatic rings. The normalized spacial score (nSPS) is 14.0. The molecule has 8 heteroatoms. The Morgan fingerprint density at radius 3 is 2.26 bits per heavy atom. The van der Waals surface area contributed by atoms with Gasteiger partial charge in [-0.1, -0.05) is 18.2 Å². The summed E-state index contributed by atoms with van der Waals surface area (Å²) in [4.78, 5) is 12.5. The number of halogens is 1. The molecule has 0 saturated heterocycles. The highest BCUT2D eigenvalue weighted by Crippen LogP contribution is 2.26. The van der Waals surface area contributed by atoms with Crippen molar-refractivity contribution in [3.63, 3.8) is 0 Å². The fourth-order valence-electron chi connectivity index (χ4n) is 2.51. The van der Waals surface area contributed by atoms with E-state index in [1.54, 1.807) is 25.1 Å². The minimum atomic E-state index is -3.56. The molecule has 1 unspecified atom stereocenters. The van der Waals surface area contributed by atoms with Crippen LogP contribution >= 0.6 is 0 Å². The zero-order valence-corrected chi connectivity index (χ0v) is 16.5. The second-order valence-electron chi connectivity index (χ2n) is 6.41. The summed E-state index contributed by atoms with van der Waals surface area (Å²) in [6.07, 6.45) is 0. The summed E-state index contributed by atoms with van der Waals surface area (Å²) in [7, 11) is 0.754. The summed E-state index contributed by atoms with van der Waals surface area (Å²) in [5.41, 5.74) is -0.421. The van der Waals surface area contributed by atoms with E-state index < -0.39 is 27.3 Å². The number of nitrogens with zero attached hydrogens (tertiary/aromatic N) is 1. The summed E-state index contributed by atoms with van der Waals surface area (Å²) in [5.74, 6) is -0.835. The molecule has 0 saturated carbocycles. The van der Waals surface area contributed by atoms with Gasteiger partial charge in [0, 0.05) is 32.3 Å². The van der Waals surface area contributed by atoms with E-state index in [9.17, 15) is 17.6 Å². The first-order chi connectivity index (χ1) is 12.6. The standard InChI is InChI=1S/C19H23FN2O4S/c1-19(26-4,16-7-5-6-8-17(16)20)13-21-18(23)14-9-11-15(12-10-14)27(24,25)22(2)3/h5-12H,13H2,1-4H3,(H,21,23). The van der Waals surface area contributed by atoms with E-state index in [0.717, 1.165) is 4.31 Å². The maximum Gasteiger partial charge on any atom is 0.251 e. The van der Waals surface area contributed by atoms with Crippen molar-refractivity contribution < 1.29 is 22.3 Å². The quantitative estimate of drug-likeness (QED) is 0.782. The molecule has 0 heterocycles. The Hall–Kier alpha value is -2.29. The Labute approximate surface area is 159 Å². The van der Waals surface area contributed by atoms with E-state index >= 15 is 0 Å². The molecule has 0 aromatic heterocycles. The van der Waals surface area contributed by atoms with Gasteiger partial charge in [0.1, 0.15) is 11.4 Å². The van der Waals surface area contributed by atoms with Crippen LogP contribution in [0.5, 0.6) is 0 Å². The second-order valence-corrected chi connectivity index (χ2v) is 8.56. The molecule has 0 bridgehead atoms. The van der Waals surface area contributed by atoms with Gasteiger partial charge < -0.3 is 10.1 Å². The molecular formula is C19H23FN2O4S. The summed E-state index contributed by atoms with van der Waals surface area (Å²) in [6, 6.07) is 11.8. The SMILES string of the molecule is COC(C)(CNC(=O)c1ccc(S(=O)(=O)N(C)C)cc1)c1ccccc1F. The van der Waals surface area contributed by atoms with Crippen molar-refractivity contribution in [2.75, 3.05) is 27.7 Å². The Morgan fingerprint density at radius 1 is 1.15 bits per heavy atom. The minimum absolute atomic E-state index is 0.0427. The molecule has 1 amide bonds. The summed E-state index contributed by atoms with van der Waals surface area (Å²) >= 11 is 0. The van der Waals surface area contributed by atoms with Crippen molar-refractivity contribution in [1.29, 1.82) is 0 Å². The molecule has 1 atom stereocenters. The fraction of sp³-hybridized carbons (Fsp3) is 0.316. The van der Waals surface area contributed by atoms with Gasteiger partial charge in [-0.3, -0.25) is 4.79 Å². The Kier molecular flexibility index (Phi) is 6.35. The van der Waals surface area contributed by atoms with Crippen molar-refractivity contribution in [2.24, 2.45) is 0 Å². The molecule has 0 fully saturated rings. The minimum Gasteiger partial charge on any atom is -0.372 e. The number of hydrogen-bond donors (Lipinski definition) is 1. The maximum absolute atomic E-state index is 14.1. The lowest BCUT2D eigenvalue weighted by molar-refractivity contribution is 0.000388. The van der Waals surface area contributed by atoms with Crippen LogP contribution < -0.4 is 5.32 Å². The number of sulfonamides is 1. The summed E-state index contributed by atoms with van der Waals surface area (Å²) < 4.78 is 44.8. The Bertz CT molecular complexity index is 914. The number of rotatable bonds is 7. The van der Waals surface area contributed by atoms with Gasteiger partial charge in [-0.25, -0.2) is 17.1 Å². The number of carbonyl (C=O) groups excluding carboxylic acids is 1. The van der Waals surface area contributed by atoms with Crippen molar-refractivity contribution in [3.05, 3.63) is 65.5 Å². The number of amides is 1. The van der Waals surface area contributed by atoms with Crippen LogP contribution in [0, 0.1) is 5.82 Å². The summed E-state index contributed by atoms with van der Waals surface area (Å²) in [5, 5.41) is 2.71. The molecule has 6 nitrogen and oxygen atoms in total. The molecule has 0 radical (unpaired) electrons. The monoisotopic (exact) mass is 394 g/mol. The van der Waals surface area contributed by atoms with E-state index in [4.69, 9.17) is 4.74 Å². The van der Waals surface area contributed by atoms with Gasteiger partial charge in [0.05, 0.1) is 11.4 Å². The predicted octanol–water partition coefficient (Wildman–Crippen LogP) is 2.37. The van der Waals surface area contributed by atoms with Crippen LogP contribution in [-0.2, 0) is 20.4 Å². The smallest absolute Gasteiger partial charge is 0.251 e. The lowest BCUT2D eigenvalue weighted by Crippen LogP contribution is -2.40. The van der Waals surface area contributed by atoms with E-state index in [2.05, 4.69) is 5.32 Å². The molecule has 1 N–H and O–H groups in total. The highest BCUT2D eigenvalue weighted by molar-refractivity contribution is 7.89. The fourth-order valence-corrected chi connectivity index (χ4v) is 3.41. The lowest BCUT2D eigenvalue weighted by atomic mass is 9.95. The first-order valence-corrected chi connectivity index (χ1v) is 9.67. The van der Waals surface area contributed by atoms with Crippen molar-refractivity contribution in [3.8, 4) is 0 Å². The molecule has 146 valence electrons. The average molecular weight is 394 g/mol. The van der Waals surface area contributed by atoms with Crippen LogP contribution in [0.3, 0.4) is 0 Å². The van der Waals surface area contributed by atoms with Crippen molar-refractivity contribution in [2.45, 2.75) is 17.4 Å². The zero-order valence-electron chi connectivity index (χ0n) is 15.7. The molecule has 0 aliphatic heterocycles. The van der Waals surface area contributed by atoms with Gasteiger partial charge in [-0.05, 0) is 37.3 Å². The summed E-state index contributed by atoms with van der Waals surface area (Å²) in [6.45, 7) is 1.72. The van der Waals surface area contributed by atoms with Crippen LogP contribution in [0.15, 0.2) is 53.4 Å². The van der Waals surface area contributed by atoms with Crippen LogP contribution in [0.25, 0.3) is 0 Å². The Morgan fingerprint density at radius 2 is 1.74 bits per heavy atom. The van der Waals surface area contributed by atoms with E-state index in [-0.39, 0.29) is 11.4 Å². The maximum atomic E-state index is 14.1. The molecule has 0 aliphatic carbocycles. The third-order valence-corrected chi connectivity index (χ3v) is 6.20. The highest BCUT2D eigenvalue weighted by Gasteiger charge is 2.30. The number of carbonyl (C=O) groups is 1. The van der Waals surface area contributed by atoms with Crippen LogP contribution in [0.4, 0.5) is 4.39 Å². The molecule has 2 rings (SSSR count). The molecule has 0 aliphatic rings. The van der Waals surface area contributed by atoms with Gasteiger partial charge in [0.2, 0.25) is 10.0 Å². The first-order valence-electron chi connectivity index (χ1n) is 8.23. The molecule has 0 spiro atoms. The molecule has 27 heavy (non-hydrogen) atoms.